The fourth-order valence-electron chi connectivity index (χ4n) is 2.42. The number of Topliss-reactive ketones (excluding diaryl/α,β-unsaturated/α-hetero) is 1. The number of nitrogens with zero attached hydrogens (tertiary/aromatic N) is 1. The molecule has 1 aromatic carbocycles. The van der Waals surface area contributed by atoms with Crippen LogP contribution in [0.2, 0.25) is 0 Å². The Bertz CT molecular complexity index is 486. The van der Waals surface area contributed by atoms with Crippen LogP contribution in [0.4, 0.5) is 11.4 Å². The standard InChI is InChI=1S/C14H19N2O3/c1-9-3-5-11-8-14(16(18)19)12(6-4-10(2)17)7-13(11)15-9/h7-9,15,18H,3-6H2,1-2H3/q-1/t9-/m0/s1. The first-order chi connectivity index (χ1) is 8.97. The van der Waals surface area contributed by atoms with Crippen LogP contribution in [-0.2, 0) is 17.6 Å². The van der Waals surface area contributed by atoms with Crippen LogP contribution in [0.5, 0.6) is 0 Å². The molecule has 0 radical (unpaired) electrons. The number of hydrogen-bond acceptors (Lipinski definition) is 5. The zero-order chi connectivity index (χ0) is 14.0. The van der Waals surface area contributed by atoms with Crippen LogP contribution in [0.1, 0.15) is 37.8 Å². The van der Waals surface area contributed by atoms with E-state index in [0.29, 0.717) is 24.4 Å². The van der Waals surface area contributed by atoms with Crippen molar-refractivity contribution in [1.29, 1.82) is 0 Å². The van der Waals surface area contributed by atoms with Gasteiger partial charge >= 0.3 is 0 Å². The molecule has 0 saturated carbocycles. The second-order valence-corrected chi connectivity index (χ2v) is 5.20. The highest BCUT2D eigenvalue weighted by Crippen LogP contribution is 2.32. The van der Waals surface area contributed by atoms with Gasteiger partial charge < -0.3 is 20.5 Å². The van der Waals surface area contributed by atoms with E-state index in [1.807, 2.05) is 6.07 Å². The Balaban J connectivity index is 2.33. The molecule has 1 aliphatic heterocycles. The Morgan fingerprint density at radius 3 is 2.95 bits per heavy atom. The molecule has 0 unspecified atom stereocenters. The van der Waals surface area contributed by atoms with Gasteiger partial charge in [-0.25, -0.2) is 0 Å². The predicted molar refractivity (Wildman–Crippen MR) is 74.5 cm³/mol. The first-order valence-corrected chi connectivity index (χ1v) is 6.55. The molecule has 0 aliphatic carbocycles. The quantitative estimate of drug-likeness (QED) is 0.817. The van der Waals surface area contributed by atoms with E-state index >= 15 is 0 Å². The summed E-state index contributed by atoms with van der Waals surface area (Å²) < 4.78 is 0. The number of benzene rings is 1. The summed E-state index contributed by atoms with van der Waals surface area (Å²) in [6, 6.07) is 4.00. The zero-order valence-corrected chi connectivity index (χ0v) is 11.3. The first-order valence-electron chi connectivity index (χ1n) is 6.55. The Morgan fingerprint density at radius 2 is 2.32 bits per heavy atom. The maximum absolute atomic E-state index is 11.2. The minimum Gasteiger partial charge on any atom is -0.733 e. The molecule has 2 rings (SSSR count). The fraction of sp³-hybridized carbons (Fsp3) is 0.500. The van der Waals surface area contributed by atoms with Gasteiger partial charge in [0, 0.05) is 18.2 Å². The molecule has 1 atom stereocenters. The Kier molecular flexibility index (Phi) is 4.07. The van der Waals surface area contributed by atoms with Gasteiger partial charge in [-0.2, -0.15) is 0 Å². The summed E-state index contributed by atoms with van der Waals surface area (Å²) in [5.41, 5.74) is 2.99. The second-order valence-electron chi connectivity index (χ2n) is 5.20. The molecule has 0 bridgehead atoms. The van der Waals surface area contributed by atoms with E-state index in [4.69, 9.17) is 0 Å². The summed E-state index contributed by atoms with van der Waals surface area (Å²) in [5.74, 6) is 0.0698. The molecule has 2 N–H and O–H groups in total. The van der Waals surface area contributed by atoms with E-state index in [1.54, 1.807) is 6.07 Å². The zero-order valence-electron chi connectivity index (χ0n) is 11.3. The van der Waals surface area contributed by atoms with Crippen molar-refractivity contribution < 1.29 is 10.0 Å². The van der Waals surface area contributed by atoms with Crippen molar-refractivity contribution in [2.24, 2.45) is 0 Å². The third-order valence-corrected chi connectivity index (χ3v) is 3.51. The number of fused-ring (bicyclic) bond motifs is 1. The number of aryl methyl sites for hydroxylation is 2. The highest BCUT2D eigenvalue weighted by Gasteiger charge is 2.17. The van der Waals surface area contributed by atoms with Gasteiger partial charge in [0.2, 0.25) is 0 Å². The average Bonchev–Trinajstić information content (AvgIpc) is 2.34. The van der Waals surface area contributed by atoms with Crippen molar-refractivity contribution in [1.82, 2.24) is 0 Å². The van der Waals surface area contributed by atoms with E-state index in [2.05, 4.69) is 12.2 Å². The molecule has 0 saturated heterocycles. The highest BCUT2D eigenvalue weighted by atomic mass is 16.8. The average molecular weight is 263 g/mol. The van der Waals surface area contributed by atoms with Crippen LogP contribution < -0.4 is 10.5 Å². The normalized spacial score (nSPS) is 17.6. The lowest BCUT2D eigenvalue weighted by atomic mass is 9.94. The number of nitrogens with one attached hydrogen (secondary N) is 1. The van der Waals surface area contributed by atoms with Crippen LogP contribution in [0.15, 0.2) is 12.1 Å². The maximum atomic E-state index is 11.2. The predicted octanol–water partition coefficient (Wildman–Crippen LogP) is 2.65. The molecule has 5 heteroatoms. The number of ketones is 1. The monoisotopic (exact) mass is 263 g/mol. The number of carbonyl (C=O) groups is 1. The van der Waals surface area contributed by atoms with Crippen LogP contribution in [0.25, 0.3) is 0 Å². The Labute approximate surface area is 112 Å². The Hall–Kier alpha value is -1.59. The molecule has 5 nitrogen and oxygen atoms in total. The van der Waals surface area contributed by atoms with Gasteiger partial charge in [0.25, 0.3) is 0 Å². The summed E-state index contributed by atoms with van der Waals surface area (Å²) in [6.45, 7) is 3.63. The molecule has 0 spiro atoms. The summed E-state index contributed by atoms with van der Waals surface area (Å²) >= 11 is 0. The third kappa shape index (κ3) is 3.24. The van der Waals surface area contributed by atoms with E-state index in [9.17, 15) is 15.2 Å². The smallest absolute Gasteiger partial charge is 0.130 e. The summed E-state index contributed by atoms with van der Waals surface area (Å²) in [7, 11) is 0. The number of anilines is 2. The van der Waals surface area contributed by atoms with Gasteiger partial charge in [-0.3, -0.25) is 5.21 Å². The van der Waals surface area contributed by atoms with Crippen LogP contribution in [-0.4, -0.2) is 17.0 Å². The minimum absolute atomic E-state index is 0.0698. The second kappa shape index (κ2) is 5.59. The van der Waals surface area contributed by atoms with Crippen molar-refractivity contribution in [3.05, 3.63) is 28.5 Å². The summed E-state index contributed by atoms with van der Waals surface area (Å²) in [4.78, 5) is 11.1. The van der Waals surface area contributed by atoms with Gasteiger partial charge in [-0.05, 0) is 56.4 Å². The molecule has 0 aromatic heterocycles. The number of hydrogen-bond donors (Lipinski definition) is 2. The Morgan fingerprint density at radius 1 is 1.58 bits per heavy atom. The lowest BCUT2D eigenvalue weighted by Crippen LogP contribution is -2.23. The van der Waals surface area contributed by atoms with Crippen molar-refractivity contribution in [2.75, 3.05) is 10.5 Å². The van der Waals surface area contributed by atoms with E-state index in [-0.39, 0.29) is 16.7 Å². The van der Waals surface area contributed by atoms with Crippen LogP contribution in [0, 0.1) is 5.21 Å². The van der Waals surface area contributed by atoms with Crippen LogP contribution >= 0.6 is 0 Å². The van der Waals surface area contributed by atoms with Crippen molar-refractivity contribution >= 4 is 17.2 Å². The lowest BCUT2D eigenvalue weighted by molar-refractivity contribution is -0.116. The number of carbonyl (C=O) groups excluding carboxylic acids is 1. The van der Waals surface area contributed by atoms with Gasteiger partial charge in [-0.15, -0.1) is 0 Å². The first kappa shape index (κ1) is 13.8. The maximum Gasteiger partial charge on any atom is 0.130 e. The molecule has 19 heavy (non-hydrogen) atoms. The van der Waals surface area contributed by atoms with Crippen molar-refractivity contribution in [3.63, 3.8) is 0 Å². The SMILES string of the molecule is CC(=O)CCc1cc2c(cc1N([O-])O)CC[C@H](C)N2. The molecule has 1 aromatic rings. The van der Waals surface area contributed by atoms with E-state index < -0.39 is 0 Å². The topological polar surface area (TPSA) is 75.6 Å². The van der Waals surface area contributed by atoms with Crippen molar-refractivity contribution in [3.8, 4) is 0 Å². The lowest BCUT2D eigenvalue weighted by Gasteiger charge is -2.30. The molecular weight excluding hydrogens is 244 g/mol. The van der Waals surface area contributed by atoms with Gasteiger partial charge in [0.1, 0.15) is 5.78 Å². The van der Waals surface area contributed by atoms with E-state index in [0.717, 1.165) is 24.1 Å². The molecule has 0 amide bonds. The molecular formula is C14H19N2O3-. The van der Waals surface area contributed by atoms with Gasteiger partial charge in [-0.1, -0.05) is 0 Å². The molecule has 1 heterocycles. The molecule has 0 fully saturated rings. The third-order valence-electron chi connectivity index (χ3n) is 3.51. The van der Waals surface area contributed by atoms with Gasteiger partial charge in [0.15, 0.2) is 0 Å². The van der Waals surface area contributed by atoms with Gasteiger partial charge in [0.05, 0.1) is 5.69 Å². The van der Waals surface area contributed by atoms with Crippen molar-refractivity contribution in [2.45, 2.75) is 45.6 Å². The van der Waals surface area contributed by atoms with E-state index in [1.165, 1.54) is 6.92 Å². The van der Waals surface area contributed by atoms with Crippen LogP contribution in [0.3, 0.4) is 0 Å². The fourth-order valence-corrected chi connectivity index (χ4v) is 2.42. The largest absolute Gasteiger partial charge is 0.733 e. The summed E-state index contributed by atoms with van der Waals surface area (Å²) in [5, 5.41) is 23.7. The number of rotatable bonds is 4. The minimum atomic E-state index is -0.103. The molecule has 104 valence electrons. The highest BCUT2D eigenvalue weighted by molar-refractivity contribution is 5.76. The molecule has 1 aliphatic rings. The summed E-state index contributed by atoms with van der Waals surface area (Å²) in [6.07, 6.45) is 2.73.